The molecule has 0 spiro atoms. The SMILES string of the molecule is COc1ccc(-c2cc(C(=O)N3CCOCC3)nnc2-c2ccc(OC)cc2)cc1. The molecule has 154 valence electrons. The second kappa shape index (κ2) is 8.92. The fourth-order valence-corrected chi connectivity index (χ4v) is 3.38. The summed E-state index contributed by atoms with van der Waals surface area (Å²) in [5, 5.41) is 8.69. The van der Waals surface area contributed by atoms with Crippen LogP contribution in [0.15, 0.2) is 54.6 Å². The number of amides is 1. The molecule has 1 fully saturated rings. The summed E-state index contributed by atoms with van der Waals surface area (Å²) in [5.74, 6) is 1.38. The van der Waals surface area contributed by atoms with E-state index in [1.54, 1.807) is 19.1 Å². The first-order valence-corrected chi connectivity index (χ1v) is 9.73. The molecule has 1 amide bonds. The molecule has 1 aliphatic rings. The van der Waals surface area contributed by atoms with Crippen LogP contribution in [0, 0.1) is 0 Å². The average Bonchev–Trinajstić information content (AvgIpc) is 2.84. The molecule has 2 aromatic carbocycles. The maximum absolute atomic E-state index is 12.9. The molecule has 1 saturated heterocycles. The third-order valence-corrected chi connectivity index (χ3v) is 5.08. The molecule has 2 heterocycles. The van der Waals surface area contributed by atoms with Crippen molar-refractivity contribution in [1.29, 1.82) is 0 Å². The maximum atomic E-state index is 12.9. The van der Waals surface area contributed by atoms with Gasteiger partial charge < -0.3 is 19.1 Å². The second-order valence-electron chi connectivity index (χ2n) is 6.85. The molecule has 0 aliphatic carbocycles. The molecule has 3 aromatic rings. The van der Waals surface area contributed by atoms with Gasteiger partial charge in [-0.2, -0.15) is 0 Å². The molecule has 0 unspecified atom stereocenters. The fourth-order valence-electron chi connectivity index (χ4n) is 3.38. The number of morpholine rings is 1. The van der Waals surface area contributed by atoms with E-state index in [-0.39, 0.29) is 5.91 Å². The molecule has 1 aromatic heterocycles. The predicted molar refractivity (Wildman–Crippen MR) is 113 cm³/mol. The zero-order valence-corrected chi connectivity index (χ0v) is 17.0. The second-order valence-corrected chi connectivity index (χ2v) is 6.85. The van der Waals surface area contributed by atoms with E-state index in [0.29, 0.717) is 37.7 Å². The molecule has 30 heavy (non-hydrogen) atoms. The molecule has 7 nitrogen and oxygen atoms in total. The van der Waals surface area contributed by atoms with Crippen LogP contribution in [0.1, 0.15) is 10.5 Å². The Hall–Kier alpha value is -3.45. The third kappa shape index (κ3) is 4.11. The van der Waals surface area contributed by atoms with Gasteiger partial charge in [0.2, 0.25) is 0 Å². The molecule has 0 radical (unpaired) electrons. The van der Waals surface area contributed by atoms with Gasteiger partial charge in [0, 0.05) is 24.2 Å². The lowest BCUT2D eigenvalue weighted by atomic mass is 9.99. The van der Waals surface area contributed by atoms with Gasteiger partial charge in [0.15, 0.2) is 5.69 Å². The smallest absolute Gasteiger partial charge is 0.274 e. The summed E-state index contributed by atoms with van der Waals surface area (Å²) in [6, 6.07) is 17.1. The quantitative estimate of drug-likeness (QED) is 0.649. The summed E-state index contributed by atoms with van der Waals surface area (Å²) in [7, 11) is 3.26. The Morgan fingerprint density at radius 1 is 0.867 bits per heavy atom. The number of rotatable bonds is 5. The molecule has 0 atom stereocenters. The molecule has 4 rings (SSSR count). The summed E-state index contributed by atoms with van der Waals surface area (Å²) < 4.78 is 15.9. The van der Waals surface area contributed by atoms with E-state index in [1.165, 1.54) is 0 Å². The van der Waals surface area contributed by atoms with Gasteiger partial charge >= 0.3 is 0 Å². The van der Waals surface area contributed by atoms with Crippen LogP contribution in [-0.4, -0.2) is 61.5 Å². The first-order chi connectivity index (χ1) is 14.7. The van der Waals surface area contributed by atoms with Crippen molar-refractivity contribution in [3.8, 4) is 33.9 Å². The molecular formula is C23H23N3O4. The number of aromatic nitrogens is 2. The van der Waals surface area contributed by atoms with Gasteiger partial charge in [-0.1, -0.05) is 12.1 Å². The van der Waals surface area contributed by atoms with Crippen molar-refractivity contribution in [2.45, 2.75) is 0 Å². The van der Waals surface area contributed by atoms with Crippen LogP contribution < -0.4 is 9.47 Å². The van der Waals surface area contributed by atoms with E-state index in [1.807, 2.05) is 54.6 Å². The van der Waals surface area contributed by atoms with E-state index in [9.17, 15) is 4.79 Å². The highest BCUT2D eigenvalue weighted by molar-refractivity contribution is 5.95. The van der Waals surface area contributed by atoms with Gasteiger partial charge in [-0.05, 0) is 48.0 Å². The third-order valence-electron chi connectivity index (χ3n) is 5.08. The lowest BCUT2D eigenvalue weighted by Gasteiger charge is -2.26. The number of carbonyl (C=O) groups excluding carboxylic acids is 1. The first-order valence-electron chi connectivity index (χ1n) is 9.73. The lowest BCUT2D eigenvalue weighted by Crippen LogP contribution is -2.41. The first kappa shape index (κ1) is 19.8. The van der Waals surface area contributed by atoms with E-state index >= 15 is 0 Å². The van der Waals surface area contributed by atoms with E-state index < -0.39 is 0 Å². The minimum atomic E-state index is -0.137. The van der Waals surface area contributed by atoms with Crippen molar-refractivity contribution in [1.82, 2.24) is 15.1 Å². The van der Waals surface area contributed by atoms with Crippen molar-refractivity contribution in [3.63, 3.8) is 0 Å². The van der Waals surface area contributed by atoms with Gasteiger partial charge in [-0.25, -0.2) is 0 Å². The summed E-state index contributed by atoms with van der Waals surface area (Å²) in [6.45, 7) is 2.18. The van der Waals surface area contributed by atoms with Gasteiger partial charge in [0.05, 0.1) is 27.4 Å². The highest BCUT2D eigenvalue weighted by Crippen LogP contribution is 2.32. The summed E-state index contributed by atoms with van der Waals surface area (Å²) >= 11 is 0. The molecule has 0 saturated carbocycles. The lowest BCUT2D eigenvalue weighted by molar-refractivity contribution is 0.0298. The molecule has 0 N–H and O–H groups in total. The van der Waals surface area contributed by atoms with Gasteiger partial charge in [0.25, 0.3) is 5.91 Å². The minimum Gasteiger partial charge on any atom is -0.497 e. The Bertz CT molecular complexity index is 1010. The molecule has 7 heteroatoms. The summed E-state index contributed by atoms with van der Waals surface area (Å²) in [4.78, 5) is 14.7. The fraction of sp³-hybridized carbons (Fsp3) is 0.261. The van der Waals surface area contributed by atoms with Crippen LogP contribution in [0.2, 0.25) is 0 Å². The van der Waals surface area contributed by atoms with Crippen LogP contribution in [0.4, 0.5) is 0 Å². The van der Waals surface area contributed by atoms with E-state index in [0.717, 1.165) is 28.2 Å². The Labute approximate surface area is 175 Å². The summed E-state index contributed by atoms with van der Waals surface area (Å²) in [6.07, 6.45) is 0. The molecule has 1 aliphatic heterocycles. The highest BCUT2D eigenvalue weighted by Gasteiger charge is 2.22. The van der Waals surface area contributed by atoms with Crippen molar-refractivity contribution >= 4 is 5.91 Å². The van der Waals surface area contributed by atoms with Crippen molar-refractivity contribution in [3.05, 3.63) is 60.3 Å². The summed E-state index contributed by atoms with van der Waals surface area (Å²) in [5.41, 5.74) is 3.66. The van der Waals surface area contributed by atoms with Gasteiger partial charge in [0.1, 0.15) is 17.2 Å². The van der Waals surface area contributed by atoms with Crippen LogP contribution >= 0.6 is 0 Å². The Kier molecular flexibility index (Phi) is 5.90. The maximum Gasteiger partial charge on any atom is 0.274 e. The zero-order chi connectivity index (χ0) is 20.9. The number of ether oxygens (including phenoxy) is 3. The van der Waals surface area contributed by atoms with E-state index in [2.05, 4.69) is 10.2 Å². The topological polar surface area (TPSA) is 73.8 Å². The Morgan fingerprint density at radius 3 is 2.00 bits per heavy atom. The van der Waals surface area contributed by atoms with Crippen molar-refractivity contribution < 1.29 is 19.0 Å². The van der Waals surface area contributed by atoms with E-state index in [4.69, 9.17) is 14.2 Å². The number of methoxy groups -OCH3 is 2. The van der Waals surface area contributed by atoms with Gasteiger partial charge in [-0.3, -0.25) is 4.79 Å². The Morgan fingerprint density at radius 2 is 1.43 bits per heavy atom. The van der Waals surface area contributed by atoms with Crippen LogP contribution in [-0.2, 0) is 4.74 Å². The number of nitrogens with zero attached hydrogens (tertiary/aromatic N) is 3. The molecular weight excluding hydrogens is 382 g/mol. The molecule has 0 bridgehead atoms. The Balaban J connectivity index is 1.77. The minimum absolute atomic E-state index is 0.137. The van der Waals surface area contributed by atoms with Gasteiger partial charge in [-0.15, -0.1) is 10.2 Å². The monoisotopic (exact) mass is 405 g/mol. The average molecular weight is 405 g/mol. The highest BCUT2D eigenvalue weighted by atomic mass is 16.5. The zero-order valence-electron chi connectivity index (χ0n) is 17.0. The number of benzene rings is 2. The van der Waals surface area contributed by atoms with Crippen LogP contribution in [0.25, 0.3) is 22.4 Å². The predicted octanol–water partition coefficient (Wildman–Crippen LogP) is 3.30. The standard InChI is InChI=1S/C23H23N3O4/c1-28-18-7-3-16(4-8-18)20-15-21(23(27)26-11-13-30-14-12-26)24-25-22(20)17-5-9-19(29-2)10-6-17/h3-10,15H,11-14H2,1-2H3. The van der Waals surface area contributed by atoms with Crippen molar-refractivity contribution in [2.24, 2.45) is 0 Å². The normalized spacial score (nSPS) is 13.7. The number of carbonyl (C=O) groups is 1. The van der Waals surface area contributed by atoms with Crippen LogP contribution in [0.5, 0.6) is 11.5 Å². The number of hydrogen-bond donors (Lipinski definition) is 0. The van der Waals surface area contributed by atoms with Crippen molar-refractivity contribution in [2.75, 3.05) is 40.5 Å². The number of hydrogen-bond acceptors (Lipinski definition) is 6. The largest absolute Gasteiger partial charge is 0.497 e. The van der Waals surface area contributed by atoms with Crippen LogP contribution in [0.3, 0.4) is 0 Å².